The SMILES string of the molecule is Cc1cc(C(C)(C)c2ccc(O)c(CC(=O)c3ccc(Oc4ccc(C(=O)Cc5cc(C(C)(C)c6ccc(O)c(CC(=O)c7ccc(Oc8ccc(C(=O)Cc9cc(C(C)(C)c%10ccc(O)c(N)c%10)ccc9O)cc8)cc7)c6)ccc5O)cc4)cc3)c2)ccc1O. The molecule has 0 aliphatic heterocycles. The van der Waals surface area contributed by atoms with Crippen molar-refractivity contribution in [1.29, 1.82) is 0 Å². The lowest BCUT2D eigenvalue weighted by atomic mass is 9.76. The first-order valence-corrected chi connectivity index (χ1v) is 29.8. The molecule has 0 aromatic heterocycles. The van der Waals surface area contributed by atoms with Crippen LogP contribution in [0, 0.1) is 6.92 Å². The maximum Gasteiger partial charge on any atom is 0.167 e. The first-order valence-electron chi connectivity index (χ1n) is 29.8. The molecule has 10 rings (SSSR count). The molecule has 13 heteroatoms. The minimum absolute atomic E-state index is 0.000973. The van der Waals surface area contributed by atoms with Crippen LogP contribution in [0.2, 0.25) is 0 Å². The Morgan fingerprint density at radius 3 is 0.769 bits per heavy atom. The molecule has 8 N–H and O–H groups in total. The third-order valence-corrected chi connectivity index (χ3v) is 17.5. The number of hydrogen-bond acceptors (Lipinski definition) is 13. The number of nitrogen functional groups attached to an aromatic ring is 1. The molecule has 91 heavy (non-hydrogen) atoms. The van der Waals surface area contributed by atoms with Gasteiger partial charge in [-0.1, -0.05) is 108 Å². The number of carbonyl (C=O) groups excluding carboxylic acids is 4. The zero-order chi connectivity index (χ0) is 65.1. The number of carbonyl (C=O) groups is 4. The van der Waals surface area contributed by atoms with E-state index in [4.69, 9.17) is 15.2 Å². The molecule has 0 saturated heterocycles. The number of benzene rings is 10. The van der Waals surface area contributed by atoms with Gasteiger partial charge < -0.3 is 45.8 Å². The number of anilines is 1. The average Bonchev–Trinajstić information content (AvgIpc) is 0.922. The number of nitrogens with two attached hydrogens (primary N) is 1. The Kier molecular flexibility index (Phi) is 17.8. The maximum absolute atomic E-state index is 13.7. The van der Waals surface area contributed by atoms with Crippen molar-refractivity contribution in [3.8, 4) is 57.5 Å². The van der Waals surface area contributed by atoms with Gasteiger partial charge in [0, 0.05) is 86.4 Å². The van der Waals surface area contributed by atoms with Crippen LogP contribution < -0.4 is 15.2 Å². The molecule has 0 unspecified atom stereocenters. The molecule has 10 aromatic rings. The van der Waals surface area contributed by atoms with Crippen LogP contribution >= 0.6 is 0 Å². The predicted octanol–water partition coefficient (Wildman–Crippen LogP) is 16.1. The zero-order valence-electron chi connectivity index (χ0n) is 51.7. The molecular formula is C78H71NO12. The number of rotatable bonds is 22. The summed E-state index contributed by atoms with van der Waals surface area (Å²) in [6.07, 6.45) is -0.265. The van der Waals surface area contributed by atoms with Gasteiger partial charge >= 0.3 is 0 Å². The molecular weight excluding hydrogens is 1140 g/mol. The highest BCUT2D eigenvalue weighted by Crippen LogP contribution is 2.40. The molecule has 10 aromatic carbocycles. The number of Topliss-reactive ketones (excluding diaryl/α,β-unsaturated/α-hetero) is 4. The smallest absolute Gasteiger partial charge is 0.167 e. The van der Waals surface area contributed by atoms with Crippen LogP contribution in [-0.4, -0.2) is 53.8 Å². The standard InChI is InChI=1S/C78H71NO12/c1-46-36-55(16-30-66(46)80)76(2,3)56-17-31-67(81)51(37-56)41-72(86)47-8-22-61(23-9-47)90-62-24-10-48(11-25-62)73(87)42-52-38-57(18-32-68(52)82)77(4,5)58-19-33-69(83)53(39-58)43-74(88)49-12-26-63(27-13-49)91-64-28-14-50(15-29-64)75(89)44-54-40-59(20-34-70(54)84)78(6,7)60-21-35-71(85)65(79)45-60/h8-40,45,80-85H,41-44,79H2,1-7H3. The van der Waals surface area contributed by atoms with Gasteiger partial charge in [0.15, 0.2) is 23.1 Å². The topological polar surface area (TPSA) is 234 Å². The fourth-order valence-corrected chi connectivity index (χ4v) is 11.2. The van der Waals surface area contributed by atoms with Crippen molar-refractivity contribution in [3.05, 3.63) is 290 Å². The highest BCUT2D eigenvalue weighted by Gasteiger charge is 2.29. The minimum atomic E-state index is -0.702. The molecule has 0 saturated carbocycles. The molecule has 460 valence electrons. The number of aryl methyl sites for hydroxylation is 1. The van der Waals surface area contributed by atoms with Gasteiger partial charge in [-0.2, -0.15) is 0 Å². The van der Waals surface area contributed by atoms with Crippen LogP contribution in [-0.2, 0) is 41.9 Å². The third kappa shape index (κ3) is 14.0. The molecule has 0 bridgehead atoms. The quantitative estimate of drug-likeness (QED) is 0.0190. The summed E-state index contributed by atoms with van der Waals surface area (Å²) < 4.78 is 12.1. The number of ether oxygens (including phenoxy) is 2. The van der Waals surface area contributed by atoms with E-state index in [0.29, 0.717) is 67.5 Å². The van der Waals surface area contributed by atoms with Gasteiger partial charge in [-0.15, -0.1) is 0 Å². The van der Waals surface area contributed by atoms with Crippen LogP contribution in [0.25, 0.3) is 0 Å². The second-order valence-electron chi connectivity index (χ2n) is 24.7. The average molecular weight is 1210 g/mol. The predicted molar refractivity (Wildman–Crippen MR) is 352 cm³/mol. The lowest BCUT2D eigenvalue weighted by molar-refractivity contribution is 0.0984. The normalized spacial score (nSPS) is 11.7. The van der Waals surface area contributed by atoms with E-state index in [1.165, 1.54) is 0 Å². The molecule has 0 amide bonds. The first-order chi connectivity index (χ1) is 43.2. The van der Waals surface area contributed by atoms with E-state index >= 15 is 0 Å². The molecule has 13 nitrogen and oxygen atoms in total. The van der Waals surface area contributed by atoms with Gasteiger partial charge in [-0.05, 0) is 185 Å². The Labute approximate surface area is 528 Å². The van der Waals surface area contributed by atoms with Gasteiger partial charge in [0.1, 0.15) is 57.5 Å². The second kappa shape index (κ2) is 25.7. The van der Waals surface area contributed by atoms with Crippen LogP contribution in [0.3, 0.4) is 0 Å². The Bertz CT molecular complexity index is 4130. The van der Waals surface area contributed by atoms with Gasteiger partial charge in [-0.25, -0.2) is 0 Å². The summed E-state index contributed by atoms with van der Waals surface area (Å²) in [5.41, 5.74) is 13.9. The minimum Gasteiger partial charge on any atom is -0.508 e. The Hall–Kier alpha value is -10.9. The summed E-state index contributed by atoms with van der Waals surface area (Å²) in [5, 5.41) is 63.5. The van der Waals surface area contributed by atoms with Crippen molar-refractivity contribution in [3.63, 3.8) is 0 Å². The van der Waals surface area contributed by atoms with Gasteiger partial charge in [0.05, 0.1) is 5.69 Å². The summed E-state index contributed by atoms with van der Waals surface area (Å²) >= 11 is 0. The van der Waals surface area contributed by atoms with Crippen molar-refractivity contribution in [1.82, 2.24) is 0 Å². The van der Waals surface area contributed by atoms with Crippen molar-refractivity contribution in [2.75, 3.05) is 5.73 Å². The van der Waals surface area contributed by atoms with Crippen LogP contribution in [0.1, 0.15) is 144 Å². The van der Waals surface area contributed by atoms with Crippen molar-refractivity contribution in [2.24, 2.45) is 0 Å². The van der Waals surface area contributed by atoms with E-state index in [1.807, 2.05) is 65.0 Å². The monoisotopic (exact) mass is 1210 g/mol. The van der Waals surface area contributed by atoms with E-state index in [9.17, 15) is 49.8 Å². The van der Waals surface area contributed by atoms with E-state index < -0.39 is 16.2 Å². The molecule has 0 aliphatic carbocycles. The molecule has 0 heterocycles. The summed E-state index contributed by atoms with van der Waals surface area (Å²) in [4.78, 5) is 54.4. The lowest BCUT2D eigenvalue weighted by Crippen LogP contribution is -2.20. The molecule has 0 spiro atoms. The van der Waals surface area contributed by atoms with E-state index in [1.54, 1.807) is 176 Å². The summed E-state index contributed by atoms with van der Waals surface area (Å²) in [7, 11) is 0. The van der Waals surface area contributed by atoms with Crippen molar-refractivity contribution >= 4 is 28.8 Å². The van der Waals surface area contributed by atoms with Crippen LogP contribution in [0.4, 0.5) is 5.69 Å². The van der Waals surface area contributed by atoms with Crippen LogP contribution in [0.15, 0.2) is 206 Å². The van der Waals surface area contributed by atoms with E-state index in [2.05, 4.69) is 13.8 Å². The summed E-state index contributed by atoms with van der Waals surface area (Å²) in [6, 6.07) is 57.9. The Balaban J connectivity index is 0.721. The molecule has 0 atom stereocenters. The zero-order valence-corrected chi connectivity index (χ0v) is 51.7. The maximum atomic E-state index is 13.7. The molecule has 0 radical (unpaired) electrons. The van der Waals surface area contributed by atoms with Crippen molar-refractivity contribution in [2.45, 2.75) is 90.4 Å². The number of ketones is 4. The fraction of sp³-hybridized carbons (Fsp3) is 0.179. The second-order valence-corrected chi connectivity index (χ2v) is 24.7. The first kappa shape index (κ1) is 63.1. The van der Waals surface area contributed by atoms with Gasteiger partial charge in [0.2, 0.25) is 0 Å². The summed E-state index contributed by atoms with van der Waals surface area (Å²) in [6.45, 7) is 13.9. The highest BCUT2D eigenvalue weighted by atomic mass is 16.5. The number of phenolic OH excluding ortho intramolecular Hbond substituents is 6. The largest absolute Gasteiger partial charge is 0.508 e. The number of hydrogen-bond donors (Lipinski definition) is 7. The van der Waals surface area contributed by atoms with E-state index in [0.717, 1.165) is 38.9 Å². The molecule has 0 fully saturated rings. The number of phenols is 6. The fourth-order valence-electron chi connectivity index (χ4n) is 11.2. The van der Waals surface area contributed by atoms with Gasteiger partial charge in [0.25, 0.3) is 0 Å². The Morgan fingerprint density at radius 1 is 0.308 bits per heavy atom. The third-order valence-electron chi connectivity index (χ3n) is 17.5. The highest BCUT2D eigenvalue weighted by molar-refractivity contribution is 6.00. The van der Waals surface area contributed by atoms with Crippen LogP contribution in [0.5, 0.6) is 57.5 Å². The van der Waals surface area contributed by atoms with Gasteiger partial charge in [-0.3, -0.25) is 19.2 Å². The van der Waals surface area contributed by atoms with Crippen molar-refractivity contribution < 1.29 is 59.3 Å². The lowest BCUT2D eigenvalue weighted by Gasteiger charge is -2.27. The Morgan fingerprint density at radius 2 is 0.527 bits per heavy atom. The number of aromatic hydroxyl groups is 6. The summed E-state index contributed by atoms with van der Waals surface area (Å²) in [5.74, 6) is 1.14. The van der Waals surface area contributed by atoms with E-state index in [-0.39, 0.29) is 89.0 Å². The molecule has 0 aliphatic rings.